The predicted molar refractivity (Wildman–Crippen MR) is 92.7 cm³/mol. The van der Waals surface area contributed by atoms with Crippen LogP contribution < -0.4 is 4.74 Å². The van der Waals surface area contributed by atoms with Crippen molar-refractivity contribution in [1.29, 1.82) is 0 Å². The molecule has 1 heterocycles. The molecule has 0 unspecified atom stereocenters. The smallest absolute Gasteiger partial charge is 0.119 e. The van der Waals surface area contributed by atoms with E-state index in [1.807, 2.05) is 12.1 Å². The van der Waals surface area contributed by atoms with Gasteiger partial charge >= 0.3 is 0 Å². The van der Waals surface area contributed by atoms with Gasteiger partial charge in [-0.2, -0.15) is 0 Å². The Bertz CT molecular complexity index is 624. The summed E-state index contributed by atoms with van der Waals surface area (Å²) in [6.07, 6.45) is 1.62. The maximum absolute atomic E-state index is 10.2. The molecule has 3 rings (SSSR count). The number of fused-ring (bicyclic) bond motifs is 1. The number of hydrogen-bond acceptors (Lipinski definition) is 3. The van der Waals surface area contributed by atoms with Crippen LogP contribution in [0.15, 0.2) is 48.5 Å². The molecule has 2 aromatic rings. The van der Waals surface area contributed by atoms with E-state index in [0.717, 1.165) is 31.7 Å². The van der Waals surface area contributed by atoms with Crippen molar-refractivity contribution < 1.29 is 9.84 Å². The van der Waals surface area contributed by atoms with E-state index in [2.05, 4.69) is 48.2 Å². The molecule has 0 aliphatic carbocycles. The second-order valence-corrected chi connectivity index (χ2v) is 6.22. The molecule has 23 heavy (non-hydrogen) atoms. The van der Waals surface area contributed by atoms with E-state index in [1.165, 1.54) is 16.7 Å². The Labute approximate surface area is 138 Å². The Morgan fingerprint density at radius 2 is 1.83 bits per heavy atom. The minimum absolute atomic E-state index is 0.337. The van der Waals surface area contributed by atoms with E-state index in [9.17, 15) is 5.11 Å². The maximum atomic E-state index is 10.2. The number of aliphatic hydroxyl groups is 1. The number of rotatable bonds is 6. The lowest BCUT2D eigenvalue weighted by atomic mass is 10.00. The van der Waals surface area contributed by atoms with E-state index in [-0.39, 0.29) is 0 Å². The van der Waals surface area contributed by atoms with Crippen molar-refractivity contribution in [3.63, 3.8) is 0 Å². The lowest BCUT2D eigenvalue weighted by molar-refractivity contribution is 0.0638. The molecule has 2 aromatic carbocycles. The van der Waals surface area contributed by atoms with Crippen LogP contribution in [0.5, 0.6) is 5.75 Å². The highest BCUT2D eigenvalue weighted by atomic mass is 16.5. The average Bonchev–Trinajstić information content (AvgIpc) is 2.60. The van der Waals surface area contributed by atoms with Gasteiger partial charge < -0.3 is 9.84 Å². The van der Waals surface area contributed by atoms with Gasteiger partial charge in [-0.3, -0.25) is 4.90 Å². The van der Waals surface area contributed by atoms with Crippen LogP contribution in [0.2, 0.25) is 0 Å². The highest BCUT2D eigenvalue weighted by molar-refractivity contribution is 5.29. The number of ether oxygens (including phenoxy) is 1. The van der Waals surface area contributed by atoms with Gasteiger partial charge in [0.05, 0.1) is 0 Å². The minimum Gasteiger partial charge on any atom is -0.491 e. The fourth-order valence-corrected chi connectivity index (χ4v) is 3.07. The van der Waals surface area contributed by atoms with Gasteiger partial charge in [0.2, 0.25) is 0 Å². The molecule has 0 fully saturated rings. The first-order chi connectivity index (χ1) is 11.2. The number of benzene rings is 2. The van der Waals surface area contributed by atoms with Gasteiger partial charge in [-0.25, -0.2) is 0 Å². The predicted octanol–water partition coefficient (Wildman–Crippen LogP) is 3.05. The molecular formula is C20H25NO2. The van der Waals surface area contributed by atoms with Gasteiger partial charge in [0.25, 0.3) is 0 Å². The Morgan fingerprint density at radius 3 is 2.57 bits per heavy atom. The number of aryl methyl sites for hydroxylation is 1. The van der Waals surface area contributed by atoms with E-state index >= 15 is 0 Å². The zero-order valence-corrected chi connectivity index (χ0v) is 13.7. The van der Waals surface area contributed by atoms with Gasteiger partial charge in [0, 0.05) is 19.6 Å². The molecular weight excluding hydrogens is 286 g/mol. The second-order valence-electron chi connectivity index (χ2n) is 6.22. The van der Waals surface area contributed by atoms with E-state index in [0.29, 0.717) is 13.2 Å². The third-order valence-corrected chi connectivity index (χ3v) is 4.45. The topological polar surface area (TPSA) is 32.7 Å². The van der Waals surface area contributed by atoms with E-state index in [4.69, 9.17) is 4.74 Å². The van der Waals surface area contributed by atoms with E-state index < -0.39 is 6.10 Å². The van der Waals surface area contributed by atoms with Crippen LogP contribution in [0.3, 0.4) is 0 Å². The lowest BCUT2D eigenvalue weighted by Gasteiger charge is -2.30. The van der Waals surface area contributed by atoms with Crippen molar-refractivity contribution in [2.45, 2.75) is 32.4 Å². The van der Waals surface area contributed by atoms with Gasteiger partial charge in [0.1, 0.15) is 18.5 Å². The monoisotopic (exact) mass is 311 g/mol. The third kappa shape index (κ3) is 4.34. The van der Waals surface area contributed by atoms with Gasteiger partial charge in [-0.15, -0.1) is 0 Å². The lowest BCUT2D eigenvalue weighted by Crippen LogP contribution is -2.38. The zero-order chi connectivity index (χ0) is 16.1. The fraction of sp³-hybridized carbons (Fsp3) is 0.400. The first-order valence-corrected chi connectivity index (χ1v) is 8.43. The van der Waals surface area contributed by atoms with Crippen LogP contribution in [-0.2, 0) is 19.4 Å². The summed E-state index contributed by atoms with van der Waals surface area (Å²) >= 11 is 0. The molecule has 1 aliphatic rings. The summed E-state index contributed by atoms with van der Waals surface area (Å²) in [7, 11) is 0. The van der Waals surface area contributed by atoms with Gasteiger partial charge in [-0.05, 0) is 41.7 Å². The molecule has 1 atom stereocenters. The summed E-state index contributed by atoms with van der Waals surface area (Å²) in [6.45, 7) is 5.04. The van der Waals surface area contributed by atoms with Crippen LogP contribution >= 0.6 is 0 Å². The second kappa shape index (κ2) is 7.62. The Morgan fingerprint density at radius 1 is 1.09 bits per heavy atom. The summed E-state index contributed by atoms with van der Waals surface area (Å²) in [5, 5.41) is 10.2. The average molecular weight is 311 g/mol. The highest BCUT2D eigenvalue weighted by Gasteiger charge is 2.18. The summed E-state index contributed by atoms with van der Waals surface area (Å²) in [5.74, 6) is 0.824. The van der Waals surface area contributed by atoms with E-state index in [1.54, 1.807) is 0 Å². The molecule has 0 bridgehead atoms. The standard InChI is InChI=1S/C20H25NO2/c1-2-16-7-9-20(10-8-16)23-15-19(22)14-21-12-11-17-5-3-4-6-18(17)13-21/h3-10,19,22H,2,11-15H2,1H3/t19-/m1/s1. The summed E-state index contributed by atoms with van der Waals surface area (Å²) < 4.78 is 5.70. The van der Waals surface area contributed by atoms with Crippen molar-refractivity contribution in [2.75, 3.05) is 19.7 Å². The van der Waals surface area contributed by atoms with Crippen LogP contribution in [0.4, 0.5) is 0 Å². The largest absolute Gasteiger partial charge is 0.491 e. The zero-order valence-electron chi connectivity index (χ0n) is 13.7. The Balaban J connectivity index is 1.47. The molecule has 1 aliphatic heterocycles. The number of hydrogen-bond donors (Lipinski definition) is 1. The minimum atomic E-state index is -0.467. The molecule has 0 aromatic heterocycles. The van der Waals surface area contributed by atoms with Gasteiger partial charge in [-0.1, -0.05) is 43.3 Å². The SMILES string of the molecule is CCc1ccc(OC[C@H](O)CN2CCc3ccccc3C2)cc1. The molecule has 3 heteroatoms. The first kappa shape index (κ1) is 16.0. The molecule has 1 N–H and O–H groups in total. The van der Waals surface area contributed by atoms with Crippen molar-refractivity contribution in [1.82, 2.24) is 4.90 Å². The van der Waals surface area contributed by atoms with Crippen molar-refractivity contribution in [3.05, 3.63) is 65.2 Å². The molecule has 0 saturated carbocycles. The van der Waals surface area contributed by atoms with Crippen molar-refractivity contribution in [3.8, 4) is 5.75 Å². The molecule has 3 nitrogen and oxygen atoms in total. The number of aliphatic hydroxyl groups excluding tert-OH is 1. The summed E-state index contributed by atoms with van der Waals surface area (Å²) in [6, 6.07) is 16.7. The Kier molecular flexibility index (Phi) is 5.31. The van der Waals surface area contributed by atoms with Gasteiger partial charge in [0.15, 0.2) is 0 Å². The first-order valence-electron chi connectivity index (χ1n) is 8.43. The normalized spacial score (nSPS) is 15.9. The molecule has 122 valence electrons. The molecule has 0 radical (unpaired) electrons. The molecule has 0 spiro atoms. The maximum Gasteiger partial charge on any atom is 0.119 e. The number of nitrogens with zero attached hydrogens (tertiary/aromatic N) is 1. The summed E-state index contributed by atoms with van der Waals surface area (Å²) in [5.41, 5.74) is 4.11. The molecule has 0 amide bonds. The van der Waals surface area contributed by atoms with Crippen LogP contribution in [0, 0.1) is 0 Å². The van der Waals surface area contributed by atoms with Crippen LogP contribution in [0.25, 0.3) is 0 Å². The van der Waals surface area contributed by atoms with Crippen LogP contribution in [-0.4, -0.2) is 35.8 Å². The third-order valence-electron chi connectivity index (χ3n) is 4.45. The Hall–Kier alpha value is -1.84. The van der Waals surface area contributed by atoms with Crippen molar-refractivity contribution in [2.24, 2.45) is 0 Å². The highest BCUT2D eigenvalue weighted by Crippen LogP contribution is 2.19. The number of β-amino-alcohol motifs (C(OH)–C–C–N with tert-alkyl or cyclic N) is 1. The van der Waals surface area contributed by atoms with Crippen LogP contribution in [0.1, 0.15) is 23.6 Å². The fourth-order valence-electron chi connectivity index (χ4n) is 3.07. The summed E-state index contributed by atoms with van der Waals surface area (Å²) in [4.78, 5) is 2.30. The molecule has 0 saturated heterocycles. The van der Waals surface area contributed by atoms with Crippen molar-refractivity contribution >= 4 is 0 Å². The quantitative estimate of drug-likeness (QED) is 0.890.